The first-order valence-corrected chi connectivity index (χ1v) is 6.98. The molecule has 2 N–H and O–H groups in total. The lowest BCUT2D eigenvalue weighted by Crippen LogP contribution is -2.44. The molecule has 2 fully saturated rings. The van der Waals surface area contributed by atoms with Crippen molar-refractivity contribution < 1.29 is 5.11 Å². The van der Waals surface area contributed by atoms with Gasteiger partial charge >= 0.3 is 0 Å². The van der Waals surface area contributed by atoms with Crippen LogP contribution in [0.1, 0.15) is 44.9 Å². The van der Waals surface area contributed by atoms with Gasteiger partial charge in [0.05, 0.1) is 0 Å². The van der Waals surface area contributed by atoms with Crippen LogP contribution < -0.4 is 5.32 Å². The molecule has 2 aliphatic rings. The Kier molecular flexibility index (Phi) is 5.07. The van der Waals surface area contributed by atoms with Gasteiger partial charge in [-0.2, -0.15) is 0 Å². The van der Waals surface area contributed by atoms with E-state index in [2.05, 4.69) is 10.2 Å². The lowest BCUT2D eigenvalue weighted by Gasteiger charge is -2.30. The van der Waals surface area contributed by atoms with Crippen molar-refractivity contribution in [3.63, 3.8) is 0 Å². The topological polar surface area (TPSA) is 35.5 Å². The van der Waals surface area contributed by atoms with E-state index in [1.165, 1.54) is 51.7 Å². The molecule has 1 saturated heterocycles. The van der Waals surface area contributed by atoms with Crippen molar-refractivity contribution in [1.82, 2.24) is 10.2 Å². The van der Waals surface area contributed by atoms with Crippen molar-refractivity contribution >= 4 is 0 Å². The predicted molar refractivity (Wildman–Crippen MR) is 66.6 cm³/mol. The van der Waals surface area contributed by atoms with Crippen LogP contribution in [0.3, 0.4) is 0 Å². The first kappa shape index (κ1) is 12.3. The van der Waals surface area contributed by atoms with Gasteiger partial charge in [0.15, 0.2) is 0 Å². The van der Waals surface area contributed by atoms with Crippen LogP contribution in [-0.2, 0) is 0 Å². The first-order chi connectivity index (χ1) is 7.90. The summed E-state index contributed by atoms with van der Waals surface area (Å²) >= 11 is 0. The average Bonchev–Trinajstić information content (AvgIpc) is 3.13. The lowest BCUT2D eigenvalue weighted by atomic mass is 10.0. The minimum Gasteiger partial charge on any atom is -0.396 e. The highest BCUT2D eigenvalue weighted by atomic mass is 16.2. The summed E-state index contributed by atoms with van der Waals surface area (Å²) in [5, 5.41) is 12.5. The zero-order chi connectivity index (χ0) is 11.2. The zero-order valence-corrected chi connectivity index (χ0v) is 10.3. The van der Waals surface area contributed by atoms with E-state index >= 15 is 0 Å². The van der Waals surface area contributed by atoms with E-state index in [1.54, 1.807) is 0 Å². The first-order valence-electron chi connectivity index (χ1n) is 6.98. The van der Waals surface area contributed by atoms with Gasteiger partial charge in [0.1, 0.15) is 0 Å². The molecule has 1 aliphatic heterocycles. The van der Waals surface area contributed by atoms with Gasteiger partial charge < -0.3 is 10.4 Å². The second-order valence-corrected chi connectivity index (χ2v) is 5.30. The number of nitrogens with one attached hydrogen (secondary N) is 1. The molecule has 0 aromatic rings. The van der Waals surface area contributed by atoms with Crippen LogP contribution in [0.5, 0.6) is 0 Å². The highest BCUT2D eigenvalue weighted by molar-refractivity contribution is 4.87. The molecule has 0 aromatic carbocycles. The van der Waals surface area contributed by atoms with Crippen LogP contribution in [-0.4, -0.2) is 48.3 Å². The Balaban J connectivity index is 1.68. The van der Waals surface area contributed by atoms with Gasteiger partial charge in [-0.15, -0.1) is 0 Å². The number of hydrogen-bond acceptors (Lipinski definition) is 3. The van der Waals surface area contributed by atoms with E-state index < -0.39 is 0 Å². The Labute approximate surface area is 99.2 Å². The Morgan fingerprint density at radius 1 is 1.12 bits per heavy atom. The Morgan fingerprint density at radius 3 is 2.62 bits per heavy atom. The molecule has 1 aliphatic carbocycles. The molecule has 3 heteroatoms. The quantitative estimate of drug-likeness (QED) is 0.644. The van der Waals surface area contributed by atoms with Crippen LogP contribution >= 0.6 is 0 Å². The molecule has 1 atom stereocenters. The number of aliphatic hydroxyl groups excluding tert-OH is 1. The molecule has 0 radical (unpaired) electrons. The zero-order valence-electron chi connectivity index (χ0n) is 10.3. The van der Waals surface area contributed by atoms with Crippen molar-refractivity contribution in [2.24, 2.45) is 0 Å². The molecule has 16 heavy (non-hydrogen) atoms. The second-order valence-electron chi connectivity index (χ2n) is 5.30. The largest absolute Gasteiger partial charge is 0.396 e. The van der Waals surface area contributed by atoms with Gasteiger partial charge in [-0.05, 0) is 51.6 Å². The maximum Gasteiger partial charge on any atom is 0.0431 e. The highest BCUT2D eigenvalue weighted by Gasteiger charge is 2.30. The van der Waals surface area contributed by atoms with Gasteiger partial charge in [-0.25, -0.2) is 0 Å². The monoisotopic (exact) mass is 226 g/mol. The van der Waals surface area contributed by atoms with Crippen molar-refractivity contribution in [2.75, 3.05) is 26.2 Å². The van der Waals surface area contributed by atoms with E-state index in [0.717, 1.165) is 24.9 Å². The van der Waals surface area contributed by atoms with Gasteiger partial charge in [-0.1, -0.05) is 6.42 Å². The highest BCUT2D eigenvalue weighted by Crippen LogP contribution is 2.27. The van der Waals surface area contributed by atoms with E-state index in [0.29, 0.717) is 6.61 Å². The fraction of sp³-hybridized carbons (Fsp3) is 1.00. The van der Waals surface area contributed by atoms with Gasteiger partial charge in [0, 0.05) is 25.2 Å². The normalized spacial score (nSPS) is 26.2. The molecule has 2 rings (SSSR count). The molecular formula is C13H26N2O. The van der Waals surface area contributed by atoms with Crippen LogP contribution in [0.4, 0.5) is 0 Å². The molecule has 0 spiro atoms. The van der Waals surface area contributed by atoms with E-state index in [1.807, 2.05) is 0 Å². The molecule has 0 aromatic heterocycles. The summed E-state index contributed by atoms with van der Waals surface area (Å²) in [5.41, 5.74) is 0. The van der Waals surface area contributed by atoms with Crippen LogP contribution in [0.25, 0.3) is 0 Å². The Morgan fingerprint density at radius 2 is 2.00 bits per heavy atom. The number of hydrogen-bond donors (Lipinski definition) is 2. The minimum absolute atomic E-state index is 0.347. The summed E-state index contributed by atoms with van der Waals surface area (Å²) in [6, 6.07) is 1.59. The molecule has 0 bridgehead atoms. The number of aliphatic hydroxyl groups is 1. The second kappa shape index (κ2) is 6.58. The van der Waals surface area contributed by atoms with Crippen LogP contribution in [0.15, 0.2) is 0 Å². The number of rotatable bonds is 7. The fourth-order valence-electron chi connectivity index (χ4n) is 2.65. The standard InChI is InChI=1S/C13H26N2O/c16-10-4-3-9-15(13-6-7-13)11-12-5-1-2-8-14-12/h12-14,16H,1-11H2. The van der Waals surface area contributed by atoms with Crippen molar-refractivity contribution in [1.29, 1.82) is 0 Å². The Bertz CT molecular complexity index is 188. The summed E-state index contributed by atoms with van der Waals surface area (Å²) in [7, 11) is 0. The summed E-state index contributed by atoms with van der Waals surface area (Å²) in [6.45, 7) is 3.97. The fourth-order valence-corrected chi connectivity index (χ4v) is 2.65. The molecule has 1 heterocycles. The average molecular weight is 226 g/mol. The third-order valence-corrected chi connectivity index (χ3v) is 3.78. The molecule has 0 amide bonds. The summed E-state index contributed by atoms with van der Waals surface area (Å²) < 4.78 is 0. The van der Waals surface area contributed by atoms with Crippen LogP contribution in [0.2, 0.25) is 0 Å². The summed E-state index contributed by atoms with van der Waals surface area (Å²) in [5.74, 6) is 0. The number of nitrogens with zero attached hydrogens (tertiary/aromatic N) is 1. The third kappa shape index (κ3) is 4.04. The van der Waals surface area contributed by atoms with Crippen LogP contribution in [0, 0.1) is 0 Å². The van der Waals surface area contributed by atoms with E-state index in [-0.39, 0.29) is 0 Å². The van der Waals surface area contributed by atoms with Crippen molar-refractivity contribution in [3.05, 3.63) is 0 Å². The van der Waals surface area contributed by atoms with Crippen molar-refractivity contribution in [3.8, 4) is 0 Å². The van der Waals surface area contributed by atoms with Gasteiger partial charge in [0.2, 0.25) is 0 Å². The lowest BCUT2D eigenvalue weighted by molar-refractivity contribution is 0.203. The summed E-state index contributed by atoms with van der Waals surface area (Å²) in [6.07, 6.45) is 9.00. The molecule has 94 valence electrons. The maximum atomic E-state index is 8.82. The molecule has 1 saturated carbocycles. The molecular weight excluding hydrogens is 200 g/mol. The van der Waals surface area contributed by atoms with E-state index in [9.17, 15) is 0 Å². The minimum atomic E-state index is 0.347. The van der Waals surface area contributed by atoms with E-state index in [4.69, 9.17) is 5.11 Å². The van der Waals surface area contributed by atoms with Crippen molar-refractivity contribution in [2.45, 2.75) is 57.0 Å². The smallest absolute Gasteiger partial charge is 0.0431 e. The summed E-state index contributed by atoms with van der Waals surface area (Å²) in [4.78, 5) is 2.65. The number of piperidine rings is 1. The third-order valence-electron chi connectivity index (χ3n) is 3.78. The Hall–Kier alpha value is -0.120. The molecule has 1 unspecified atom stereocenters. The van der Waals surface area contributed by atoms with Gasteiger partial charge in [0.25, 0.3) is 0 Å². The SMILES string of the molecule is OCCCCN(CC1CCCCN1)C1CC1. The maximum absolute atomic E-state index is 8.82. The van der Waals surface area contributed by atoms with Gasteiger partial charge in [-0.3, -0.25) is 4.90 Å². The number of unbranched alkanes of at least 4 members (excludes halogenated alkanes) is 1. The molecule has 3 nitrogen and oxygen atoms in total. The predicted octanol–water partition coefficient (Wildman–Crippen LogP) is 1.37.